The summed E-state index contributed by atoms with van der Waals surface area (Å²) in [5, 5.41) is 0. The maximum absolute atomic E-state index is 2.41. The third-order valence-corrected chi connectivity index (χ3v) is 3.82. The van der Waals surface area contributed by atoms with Gasteiger partial charge in [-0.1, -0.05) is 48.5 Å². The van der Waals surface area contributed by atoms with Crippen molar-refractivity contribution >= 4 is 0 Å². The van der Waals surface area contributed by atoms with Crippen LogP contribution in [0.5, 0.6) is 0 Å². The summed E-state index contributed by atoms with van der Waals surface area (Å²) in [5.74, 6) is 4.33. The summed E-state index contributed by atoms with van der Waals surface area (Å²) in [6.07, 6.45) is 2.80. The molecule has 0 heteroatoms. The molecule has 14 heavy (non-hydrogen) atoms. The van der Waals surface area contributed by atoms with Crippen molar-refractivity contribution in [1.82, 2.24) is 0 Å². The fourth-order valence-electron chi connectivity index (χ4n) is 1.91. The Bertz CT molecular complexity index is 119. The van der Waals surface area contributed by atoms with Crippen molar-refractivity contribution in [2.75, 3.05) is 0 Å². The van der Waals surface area contributed by atoms with Crippen LogP contribution in [0.25, 0.3) is 0 Å². The highest BCUT2D eigenvalue weighted by molar-refractivity contribution is 4.66. The molecule has 0 spiro atoms. The van der Waals surface area contributed by atoms with Gasteiger partial charge in [-0.2, -0.15) is 0 Å². The zero-order valence-electron chi connectivity index (χ0n) is 11.3. The Labute approximate surface area is 91.5 Å². The third kappa shape index (κ3) is 5.67. The molecule has 2 atom stereocenters. The van der Waals surface area contributed by atoms with E-state index in [2.05, 4.69) is 48.5 Å². The molecule has 2 unspecified atom stereocenters. The molecule has 0 N–H and O–H groups in total. The van der Waals surface area contributed by atoms with Crippen molar-refractivity contribution in [3.8, 4) is 0 Å². The van der Waals surface area contributed by atoms with Gasteiger partial charge in [0.25, 0.3) is 0 Å². The van der Waals surface area contributed by atoms with Crippen molar-refractivity contribution in [1.29, 1.82) is 0 Å². The first-order valence-electron chi connectivity index (χ1n) is 6.34. The van der Waals surface area contributed by atoms with Gasteiger partial charge in [-0.15, -0.1) is 0 Å². The van der Waals surface area contributed by atoms with E-state index >= 15 is 0 Å². The van der Waals surface area contributed by atoms with E-state index in [1.807, 2.05) is 0 Å². The van der Waals surface area contributed by atoms with Crippen LogP contribution in [-0.4, -0.2) is 0 Å². The van der Waals surface area contributed by atoms with Crippen molar-refractivity contribution in [3.05, 3.63) is 0 Å². The van der Waals surface area contributed by atoms with Crippen LogP contribution in [0.15, 0.2) is 0 Å². The van der Waals surface area contributed by atoms with Gasteiger partial charge in [-0.3, -0.25) is 0 Å². The normalized spacial score (nSPS) is 18.6. The largest absolute Gasteiger partial charge is 0.0625 e. The Morgan fingerprint density at radius 1 is 0.571 bits per heavy atom. The van der Waals surface area contributed by atoms with Crippen LogP contribution in [-0.2, 0) is 0 Å². The molecule has 0 fully saturated rings. The van der Waals surface area contributed by atoms with Crippen LogP contribution in [0.3, 0.4) is 0 Å². The first-order valence-corrected chi connectivity index (χ1v) is 6.34. The molecule has 0 rings (SSSR count). The van der Waals surface area contributed by atoms with Crippen molar-refractivity contribution < 1.29 is 0 Å². The maximum atomic E-state index is 2.41. The van der Waals surface area contributed by atoms with Gasteiger partial charge in [0.15, 0.2) is 0 Å². The van der Waals surface area contributed by atoms with Crippen molar-refractivity contribution in [3.63, 3.8) is 0 Å². The highest BCUT2D eigenvalue weighted by atomic mass is 14.2. The molecular weight excluding hydrogens is 168 g/mol. The Hall–Kier alpha value is 0. The zero-order valence-corrected chi connectivity index (χ0v) is 11.3. The summed E-state index contributed by atoms with van der Waals surface area (Å²) in [4.78, 5) is 0. The van der Waals surface area contributed by atoms with Crippen molar-refractivity contribution in [2.24, 2.45) is 29.6 Å². The van der Waals surface area contributed by atoms with Crippen molar-refractivity contribution in [2.45, 2.75) is 61.3 Å². The van der Waals surface area contributed by atoms with Gasteiger partial charge in [-0.05, 0) is 42.4 Å². The molecular formula is C14H30. The van der Waals surface area contributed by atoms with Gasteiger partial charge >= 0.3 is 0 Å². The Kier molecular flexibility index (Phi) is 6.48. The molecule has 0 aliphatic heterocycles. The summed E-state index contributed by atoms with van der Waals surface area (Å²) < 4.78 is 0. The van der Waals surface area contributed by atoms with Gasteiger partial charge < -0.3 is 0 Å². The SMILES string of the molecule is CC(CC(C)C(C)C)CC(C)C(C)C. The highest BCUT2D eigenvalue weighted by Gasteiger charge is 2.16. The minimum atomic E-state index is 0.840. The van der Waals surface area contributed by atoms with E-state index in [-0.39, 0.29) is 0 Å². The van der Waals surface area contributed by atoms with E-state index in [0.717, 1.165) is 29.6 Å². The lowest BCUT2D eigenvalue weighted by atomic mass is 9.82. The molecule has 0 bridgehead atoms. The van der Waals surface area contributed by atoms with E-state index in [1.54, 1.807) is 0 Å². The Morgan fingerprint density at radius 3 is 1.07 bits per heavy atom. The monoisotopic (exact) mass is 198 g/mol. The average molecular weight is 198 g/mol. The molecule has 0 radical (unpaired) electrons. The number of hydrogen-bond acceptors (Lipinski definition) is 0. The van der Waals surface area contributed by atoms with Crippen LogP contribution < -0.4 is 0 Å². The van der Waals surface area contributed by atoms with Crippen LogP contribution in [0.2, 0.25) is 0 Å². The van der Waals surface area contributed by atoms with E-state index in [4.69, 9.17) is 0 Å². The summed E-state index contributed by atoms with van der Waals surface area (Å²) in [6, 6.07) is 0. The smallest absolute Gasteiger partial charge is 0.0417 e. The average Bonchev–Trinajstić information content (AvgIpc) is 2.03. The van der Waals surface area contributed by atoms with Gasteiger partial charge in [0.1, 0.15) is 0 Å². The maximum Gasteiger partial charge on any atom is -0.0417 e. The summed E-state index contributed by atoms with van der Waals surface area (Å²) in [6.45, 7) is 16.5. The molecule has 0 aromatic carbocycles. The Morgan fingerprint density at radius 2 is 0.857 bits per heavy atom. The van der Waals surface area contributed by atoms with Crippen LogP contribution >= 0.6 is 0 Å². The second kappa shape index (κ2) is 6.48. The topological polar surface area (TPSA) is 0 Å². The zero-order chi connectivity index (χ0) is 11.3. The summed E-state index contributed by atoms with van der Waals surface area (Å²) in [5.41, 5.74) is 0. The molecule has 86 valence electrons. The molecule has 0 nitrogen and oxygen atoms in total. The molecule has 0 aromatic heterocycles. The molecule has 0 aromatic rings. The summed E-state index contributed by atoms with van der Waals surface area (Å²) >= 11 is 0. The van der Waals surface area contributed by atoms with Crippen LogP contribution in [0, 0.1) is 29.6 Å². The molecule has 0 saturated heterocycles. The Balaban J connectivity index is 3.80. The standard InChI is InChI=1S/C14H30/c1-10(2)13(6)8-12(5)9-14(7)11(3)4/h10-14H,8-9H2,1-7H3. The third-order valence-electron chi connectivity index (χ3n) is 3.82. The first kappa shape index (κ1) is 14.0. The van der Waals surface area contributed by atoms with Gasteiger partial charge in [0.05, 0.1) is 0 Å². The minimum Gasteiger partial charge on any atom is -0.0625 e. The lowest BCUT2D eigenvalue weighted by molar-refractivity contribution is 0.268. The molecule has 0 aliphatic rings. The van der Waals surface area contributed by atoms with Gasteiger partial charge in [0, 0.05) is 0 Å². The molecule has 0 saturated carbocycles. The van der Waals surface area contributed by atoms with E-state index < -0.39 is 0 Å². The minimum absolute atomic E-state index is 0.840. The van der Waals surface area contributed by atoms with Crippen LogP contribution in [0.4, 0.5) is 0 Å². The fraction of sp³-hybridized carbons (Fsp3) is 1.00. The molecule has 0 aliphatic carbocycles. The van der Waals surface area contributed by atoms with Gasteiger partial charge in [0.2, 0.25) is 0 Å². The van der Waals surface area contributed by atoms with Gasteiger partial charge in [-0.25, -0.2) is 0 Å². The predicted molar refractivity (Wildman–Crippen MR) is 66.4 cm³/mol. The van der Waals surface area contributed by atoms with E-state index in [0.29, 0.717) is 0 Å². The number of hydrogen-bond donors (Lipinski definition) is 0. The predicted octanol–water partition coefficient (Wildman–Crippen LogP) is 4.99. The quantitative estimate of drug-likeness (QED) is 0.564. The second-order valence-corrected chi connectivity index (χ2v) is 6.02. The highest BCUT2D eigenvalue weighted by Crippen LogP contribution is 2.26. The second-order valence-electron chi connectivity index (χ2n) is 6.02. The van der Waals surface area contributed by atoms with E-state index in [9.17, 15) is 0 Å². The molecule has 0 heterocycles. The first-order chi connectivity index (χ1) is 6.34. The van der Waals surface area contributed by atoms with Crippen LogP contribution in [0.1, 0.15) is 61.3 Å². The lowest BCUT2D eigenvalue weighted by Crippen LogP contribution is -2.14. The summed E-state index contributed by atoms with van der Waals surface area (Å²) in [7, 11) is 0. The lowest BCUT2D eigenvalue weighted by Gasteiger charge is -2.24. The fourth-order valence-corrected chi connectivity index (χ4v) is 1.91. The number of rotatable bonds is 6. The van der Waals surface area contributed by atoms with E-state index in [1.165, 1.54) is 12.8 Å². The molecule has 0 amide bonds.